The maximum Gasteiger partial charge on any atom is 0.337 e. The van der Waals surface area contributed by atoms with Crippen molar-refractivity contribution in [1.82, 2.24) is 0 Å². The first-order valence-electron chi connectivity index (χ1n) is 4.09. The molecule has 1 aromatic rings. The Bertz CT molecular complexity index is 336. The number of esters is 1. The molecule has 0 atom stereocenters. The molecule has 14 heavy (non-hydrogen) atoms. The molecule has 0 radical (unpaired) electrons. The highest BCUT2D eigenvalue weighted by Gasteiger charge is 2.07. The fourth-order valence-electron chi connectivity index (χ4n) is 0.959. The van der Waals surface area contributed by atoms with Gasteiger partial charge in [-0.2, -0.15) is 0 Å². The summed E-state index contributed by atoms with van der Waals surface area (Å²) < 4.78 is 10.4. The predicted molar refractivity (Wildman–Crippen MR) is 56.4 cm³/mol. The molecule has 0 aliphatic carbocycles. The summed E-state index contributed by atoms with van der Waals surface area (Å²) in [4.78, 5) is 11.1. The van der Waals surface area contributed by atoms with E-state index < -0.39 is 5.97 Å². The molecule has 0 bridgehead atoms. The first kappa shape index (κ1) is 11.2. The van der Waals surface area contributed by atoms with E-state index in [9.17, 15) is 4.79 Å². The molecule has 3 nitrogen and oxygen atoms in total. The third-order valence-electron chi connectivity index (χ3n) is 1.57. The fourth-order valence-corrected chi connectivity index (χ4v) is 1.53. The molecular formula is C10H11BrO3. The second-order valence-corrected chi connectivity index (χ2v) is 3.70. The highest BCUT2D eigenvalue weighted by atomic mass is 79.9. The molecule has 0 unspecified atom stereocenters. The molecule has 0 heterocycles. The largest absolute Gasteiger partial charge is 0.424 e. The molecule has 0 aromatic heterocycles. The van der Waals surface area contributed by atoms with Crippen LogP contribution in [0.15, 0.2) is 22.7 Å². The number of rotatable bonds is 3. The van der Waals surface area contributed by atoms with Crippen LogP contribution < -0.4 is 4.74 Å². The van der Waals surface area contributed by atoms with Gasteiger partial charge in [-0.3, -0.25) is 0 Å². The zero-order valence-corrected chi connectivity index (χ0v) is 9.63. The average molecular weight is 259 g/mol. The molecule has 0 N–H and O–H groups in total. The van der Waals surface area contributed by atoms with E-state index in [-0.39, 0.29) is 6.61 Å². The molecule has 0 saturated heterocycles. The van der Waals surface area contributed by atoms with Crippen LogP contribution in [0.3, 0.4) is 0 Å². The lowest BCUT2D eigenvalue weighted by Crippen LogP contribution is -2.14. The van der Waals surface area contributed by atoms with E-state index in [2.05, 4.69) is 20.7 Å². The van der Waals surface area contributed by atoms with Gasteiger partial charge in [-0.1, -0.05) is 6.07 Å². The van der Waals surface area contributed by atoms with Crippen molar-refractivity contribution in [1.29, 1.82) is 0 Å². The van der Waals surface area contributed by atoms with E-state index in [1.807, 2.05) is 19.1 Å². The summed E-state index contributed by atoms with van der Waals surface area (Å²) in [6, 6.07) is 5.50. The Balaban J connectivity index is 2.72. The number of methoxy groups -OCH3 is 1. The van der Waals surface area contributed by atoms with Crippen LogP contribution in [-0.4, -0.2) is 19.7 Å². The number of carbonyl (C=O) groups is 1. The Hall–Kier alpha value is -0.870. The summed E-state index contributed by atoms with van der Waals surface area (Å²) in [7, 11) is 1.45. The summed E-state index contributed by atoms with van der Waals surface area (Å²) in [6.45, 7) is 1.92. The monoisotopic (exact) mass is 258 g/mol. The number of carbonyl (C=O) groups excluding carboxylic acids is 1. The van der Waals surface area contributed by atoms with Crippen LogP contribution in [0.5, 0.6) is 5.75 Å². The van der Waals surface area contributed by atoms with Crippen molar-refractivity contribution < 1.29 is 14.3 Å². The summed E-state index contributed by atoms with van der Waals surface area (Å²) >= 11 is 3.31. The Morgan fingerprint density at radius 1 is 1.50 bits per heavy atom. The molecule has 0 aliphatic heterocycles. The van der Waals surface area contributed by atoms with Crippen LogP contribution >= 0.6 is 15.9 Å². The van der Waals surface area contributed by atoms with Crippen molar-refractivity contribution in [2.75, 3.05) is 13.7 Å². The zero-order valence-electron chi connectivity index (χ0n) is 8.04. The van der Waals surface area contributed by atoms with Gasteiger partial charge in [0.25, 0.3) is 0 Å². The second kappa shape index (κ2) is 5.12. The molecule has 0 aliphatic rings. The SMILES string of the molecule is COCC(=O)Oc1ccc(C)cc1Br. The highest BCUT2D eigenvalue weighted by molar-refractivity contribution is 9.10. The quantitative estimate of drug-likeness (QED) is 0.617. The normalized spacial score (nSPS) is 9.93. The van der Waals surface area contributed by atoms with Gasteiger partial charge in [0, 0.05) is 7.11 Å². The van der Waals surface area contributed by atoms with Gasteiger partial charge in [0.2, 0.25) is 0 Å². The molecule has 0 saturated carbocycles. The first-order chi connectivity index (χ1) is 6.63. The van der Waals surface area contributed by atoms with E-state index in [0.717, 1.165) is 10.0 Å². The number of aryl methyl sites for hydroxylation is 1. The van der Waals surface area contributed by atoms with Crippen molar-refractivity contribution in [3.05, 3.63) is 28.2 Å². The van der Waals surface area contributed by atoms with Crippen LogP contribution in [-0.2, 0) is 9.53 Å². The number of halogens is 1. The lowest BCUT2D eigenvalue weighted by atomic mass is 10.2. The Kier molecular flexibility index (Phi) is 4.10. The highest BCUT2D eigenvalue weighted by Crippen LogP contribution is 2.25. The van der Waals surface area contributed by atoms with Crippen LogP contribution in [0.1, 0.15) is 5.56 Å². The maximum absolute atomic E-state index is 11.1. The average Bonchev–Trinajstić information content (AvgIpc) is 2.10. The van der Waals surface area contributed by atoms with Crippen molar-refractivity contribution >= 4 is 21.9 Å². The smallest absolute Gasteiger partial charge is 0.337 e. The number of hydrogen-bond donors (Lipinski definition) is 0. The van der Waals surface area contributed by atoms with Crippen LogP contribution in [0.4, 0.5) is 0 Å². The van der Waals surface area contributed by atoms with Crippen molar-refractivity contribution in [3.8, 4) is 5.75 Å². The molecule has 4 heteroatoms. The molecule has 76 valence electrons. The summed E-state index contributed by atoms with van der Waals surface area (Å²) in [5, 5.41) is 0. The Morgan fingerprint density at radius 3 is 2.79 bits per heavy atom. The molecule has 1 rings (SSSR count). The van der Waals surface area contributed by atoms with Gasteiger partial charge in [-0.15, -0.1) is 0 Å². The fraction of sp³-hybridized carbons (Fsp3) is 0.300. The van der Waals surface area contributed by atoms with E-state index in [1.54, 1.807) is 6.07 Å². The van der Waals surface area contributed by atoms with E-state index in [1.165, 1.54) is 7.11 Å². The summed E-state index contributed by atoms with van der Waals surface area (Å²) in [5.41, 5.74) is 1.10. The van der Waals surface area contributed by atoms with Gasteiger partial charge >= 0.3 is 5.97 Å². The van der Waals surface area contributed by atoms with Gasteiger partial charge in [0.1, 0.15) is 12.4 Å². The van der Waals surface area contributed by atoms with Crippen LogP contribution in [0, 0.1) is 6.92 Å². The second-order valence-electron chi connectivity index (χ2n) is 2.84. The lowest BCUT2D eigenvalue weighted by Gasteiger charge is -2.06. The lowest BCUT2D eigenvalue weighted by molar-refractivity contribution is -0.138. The minimum Gasteiger partial charge on any atom is -0.424 e. The van der Waals surface area contributed by atoms with Crippen LogP contribution in [0.2, 0.25) is 0 Å². The van der Waals surface area contributed by atoms with Gasteiger partial charge < -0.3 is 9.47 Å². The minimum atomic E-state index is -0.406. The Labute approximate surface area is 91.1 Å². The number of hydrogen-bond acceptors (Lipinski definition) is 3. The maximum atomic E-state index is 11.1. The summed E-state index contributed by atoms with van der Waals surface area (Å²) in [6.07, 6.45) is 0. The minimum absolute atomic E-state index is 0.0414. The van der Waals surface area contributed by atoms with Gasteiger partial charge in [-0.05, 0) is 40.5 Å². The van der Waals surface area contributed by atoms with Crippen molar-refractivity contribution in [2.45, 2.75) is 6.92 Å². The predicted octanol–water partition coefficient (Wildman–Crippen LogP) is 2.31. The summed E-state index contributed by atoms with van der Waals surface area (Å²) in [5.74, 6) is 0.106. The van der Waals surface area contributed by atoms with E-state index in [4.69, 9.17) is 4.74 Å². The van der Waals surface area contributed by atoms with E-state index in [0.29, 0.717) is 5.75 Å². The zero-order chi connectivity index (χ0) is 10.6. The van der Waals surface area contributed by atoms with Crippen molar-refractivity contribution in [3.63, 3.8) is 0 Å². The third-order valence-corrected chi connectivity index (χ3v) is 2.19. The topological polar surface area (TPSA) is 35.5 Å². The molecule has 1 aromatic carbocycles. The van der Waals surface area contributed by atoms with Gasteiger partial charge in [0.15, 0.2) is 0 Å². The van der Waals surface area contributed by atoms with Crippen LogP contribution in [0.25, 0.3) is 0 Å². The molecule has 0 spiro atoms. The molecule has 0 fully saturated rings. The first-order valence-corrected chi connectivity index (χ1v) is 4.88. The van der Waals surface area contributed by atoms with Crippen molar-refractivity contribution in [2.24, 2.45) is 0 Å². The van der Waals surface area contributed by atoms with Gasteiger partial charge in [-0.25, -0.2) is 4.79 Å². The molecular weight excluding hydrogens is 248 g/mol. The number of ether oxygens (including phenoxy) is 2. The standard InChI is InChI=1S/C10H11BrO3/c1-7-3-4-9(8(11)5-7)14-10(12)6-13-2/h3-5H,6H2,1-2H3. The third kappa shape index (κ3) is 3.12. The Morgan fingerprint density at radius 2 is 2.21 bits per heavy atom. The number of benzene rings is 1. The van der Waals surface area contributed by atoms with Gasteiger partial charge in [0.05, 0.1) is 4.47 Å². The molecule has 0 amide bonds. The van der Waals surface area contributed by atoms with E-state index >= 15 is 0 Å².